The first-order chi connectivity index (χ1) is 40.1. The Morgan fingerprint density at radius 2 is 0.788 bits per heavy atom. The molecule has 0 aliphatic carbocycles. The van der Waals surface area contributed by atoms with Gasteiger partial charge in [0.25, 0.3) is 0 Å². The molecule has 2 radical (unpaired) electrons. The number of hydrogen-bond acceptors (Lipinski definition) is 10. The van der Waals surface area contributed by atoms with E-state index in [9.17, 15) is 58.0 Å². The first-order valence-corrected chi connectivity index (χ1v) is 27.9. The number of nitrogens with one attached hydrogen (secondary N) is 2. The number of carboxylic acid groups (broad SMARTS) is 2. The average Bonchev–Trinajstić information content (AvgIpc) is 1.58. The smallest absolute Gasteiger partial charge is 0.305 e. The van der Waals surface area contributed by atoms with Crippen molar-refractivity contribution in [2.45, 2.75) is 101 Å². The fourth-order valence-corrected chi connectivity index (χ4v) is 12.4. The summed E-state index contributed by atoms with van der Waals surface area (Å²) in [6.07, 6.45) is -6.07. The number of fused-ring (bicyclic) bond motifs is 12. The Morgan fingerprint density at radius 3 is 1.12 bits per heavy atom. The zero-order valence-electron chi connectivity index (χ0n) is 47.5. The van der Waals surface area contributed by atoms with E-state index in [1.807, 2.05) is 88.4 Å². The van der Waals surface area contributed by atoms with Crippen molar-refractivity contribution in [1.29, 1.82) is 0 Å². The van der Waals surface area contributed by atoms with Crippen molar-refractivity contribution in [1.82, 2.24) is 0 Å². The van der Waals surface area contributed by atoms with Crippen LogP contribution in [0.5, 0.6) is 0 Å². The molecule has 8 N–H and O–H groups in total. The van der Waals surface area contributed by atoms with Crippen LogP contribution in [0.4, 0.5) is 31.5 Å². The maximum Gasteiger partial charge on any atom is 0.305 e. The molecular weight excluding hydrogens is 1120 g/mol. The second kappa shape index (κ2) is 26.5. The number of carbonyl (C=O) groups excluding carboxylic acids is 4. The van der Waals surface area contributed by atoms with Crippen LogP contribution in [-0.4, -0.2) is 141 Å². The zero-order chi connectivity index (χ0) is 60.4. The van der Waals surface area contributed by atoms with E-state index in [-0.39, 0.29) is 76.5 Å². The molecule has 2 aliphatic rings. The normalized spacial score (nSPS) is 17.7. The molecule has 4 amide bonds. The molecule has 0 saturated heterocycles. The van der Waals surface area contributed by atoms with Gasteiger partial charge in [-0.25, -0.2) is 8.78 Å². The van der Waals surface area contributed by atoms with Crippen molar-refractivity contribution < 1.29 is 68.2 Å². The van der Waals surface area contributed by atoms with Gasteiger partial charge in [0.2, 0.25) is 23.6 Å². The Morgan fingerprint density at radius 1 is 0.459 bits per heavy atom. The first kappa shape index (κ1) is 63.6. The molecular formula is C66H66CaF2N4O12. The summed E-state index contributed by atoms with van der Waals surface area (Å²) in [6, 6.07) is 41.1. The van der Waals surface area contributed by atoms with E-state index in [1.165, 1.54) is 34.1 Å². The van der Waals surface area contributed by atoms with Crippen LogP contribution in [-0.2, 0) is 39.6 Å². The quantitative estimate of drug-likeness (QED) is 0.0202. The third-order valence-electron chi connectivity index (χ3n) is 16.2. The third kappa shape index (κ3) is 12.2. The molecule has 0 bridgehead atoms. The average molecular weight is 1190 g/mol. The van der Waals surface area contributed by atoms with Crippen molar-refractivity contribution in [3.8, 4) is 0 Å². The number of aliphatic hydroxyl groups excluding tert-OH is 4. The van der Waals surface area contributed by atoms with Crippen LogP contribution in [0.1, 0.15) is 77.3 Å². The van der Waals surface area contributed by atoms with E-state index in [4.69, 9.17) is 10.2 Å². The van der Waals surface area contributed by atoms with Gasteiger partial charge >= 0.3 is 11.9 Å². The minimum Gasteiger partial charge on any atom is -0.481 e. The Balaban J connectivity index is 0.000000219. The maximum absolute atomic E-state index is 14.7. The van der Waals surface area contributed by atoms with Gasteiger partial charge in [-0.05, 0) is 131 Å². The topological polar surface area (TPSA) is 254 Å². The number of rotatable bonds is 20. The number of amides is 4. The molecule has 0 saturated carbocycles. The van der Waals surface area contributed by atoms with Crippen LogP contribution in [0.2, 0.25) is 0 Å². The van der Waals surface area contributed by atoms with Gasteiger partial charge in [0, 0.05) is 84.1 Å². The minimum absolute atomic E-state index is 0. The van der Waals surface area contributed by atoms with Crippen LogP contribution >= 0.6 is 0 Å². The van der Waals surface area contributed by atoms with E-state index in [2.05, 4.69) is 10.6 Å². The Labute approximate surface area is 519 Å². The van der Waals surface area contributed by atoms with Crippen molar-refractivity contribution in [2.75, 3.05) is 33.5 Å². The Kier molecular flexibility index (Phi) is 19.8. The van der Waals surface area contributed by atoms with E-state index in [0.717, 1.165) is 0 Å². The minimum atomic E-state index is -1.65. The number of benzene rings is 8. The molecule has 2 heterocycles. The van der Waals surface area contributed by atoms with Gasteiger partial charge in [-0.2, -0.15) is 0 Å². The van der Waals surface area contributed by atoms with Crippen molar-refractivity contribution in [2.24, 2.45) is 11.8 Å². The van der Waals surface area contributed by atoms with Crippen LogP contribution in [0, 0.1) is 23.5 Å². The monoisotopic (exact) mass is 1180 g/mol. The van der Waals surface area contributed by atoms with Crippen LogP contribution in [0.15, 0.2) is 146 Å². The zero-order valence-corrected chi connectivity index (χ0v) is 49.7. The van der Waals surface area contributed by atoms with Gasteiger partial charge in [0.1, 0.15) is 11.6 Å². The van der Waals surface area contributed by atoms with E-state index < -0.39 is 107 Å². The van der Waals surface area contributed by atoms with Gasteiger partial charge in [0.05, 0.1) is 48.6 Å². The largest absolute Gasteiger partial charge is 0.481 e. The molecule has 8 aromatic rings. The van der Waals surface area contributed by atoms with Gasteiger partial charge in [-0.3, -0.25) is 28.8 Å². The standard InChI is InChI=1S/2C33H33FN2O6.Ca/c2*1-19(2)33(31(41)35-21-8-4-3-5-9-21)29-25-11-7-6-10-24(25)27-16-20(34)12-13-26(27)30(29)36(32(33)42)15-14-22(37)17-23(38)18-28(39)40;/h2*3-13,16,19,22-23,37-38H,14-15,17-18H2,1-2H3,(H,35,41)(H,39,40);. The maximum atomic E-state index is 14.7. The summed E-state index contributed by atoms with van der Waals surface area (Å²) < 4.78 is 29.1. The van der Waals surface area contributed by atoms with Gasteiger partial charge < -0.3 is 51.1 Å². The summed E-state index contributed by atoms with van der Waals surface area (Å²) in [5.41, 5.74) is -0.247. The number of halogens is 2. The molecule has 2 aliphatic heterocycles. The molecule has 0 aromatic heterocycles. The van der Waals surface area contributed by atoms with Crippen molar-refractivity contribution in [3.05, 3.63) is 168 Å². The third-order valence-corrected chi connectivity index (χ3v) is 16.2. The number of hydrogen-bond donors (Lipinski definition) is 8. The number of aliphatic carboxylic acids is 2. The summed E-state index contributed by atoms with van der Waals surface area (Å²) >= 11 is 0. The predicted octanol–water partition coefficient (Wildman–Crippen LogP) is 9.60. The van der Waals surface area contributed by atoms with Crippen LogP contribution in [0.3, 0.4) is 0 Å². The summed E-state index contributed by atoms with van der Waals surface area (Å²) in [5.74, 6) is -6.19. The van der Waals surface area contributed by atoms with E-state index in [1.54, 1.807) is 60.7 Å². The summed E-state index contributed by atoms with van der Waals surface area (Å²) in [4.78, 5) is 83.0. The molecule has 16 nitrogen and oxygen atoms in total. The number of anilines is 4. The van der Waals surface area contributed by atoms with Gasteiger partial charge in [0.15, 0.2) is 10.8 Å². The summed E-state index contributed by atoms with van der Waals surface area (Å²) in [6.45, 7) is 7.25. The Bertz CT molecular complexity index is 3600. The molecule has 85 heavy (non-hydrogen) atoms. The Hall–Kier alpha value is -7.42. The molecule has 0 fully saturated rings. The van der Waals surface area contributed by atoms with Gasteiger partial charge in [-0.1, -0.05) is 113 Å². The molecule has 8 aromatic carbocycles. The van der Waals surface area contributed by atoms with Crippen molar-refractivity contribution in [3.63, 3.8) is 0 Å². The van der Waals surface area contributed by atoms with Crippen LogP contribution in [0.25, 0.3) is 43.1 Å². The fraction of sp³-hybridized carbons (Fsp3) is 0.303. The first-order valence-electron chi connectivity index (χ1n) is 27.9. The molecule has 10 rings (SSSR count). The molecule has 6 atom stereocenters. The van der Waals surface area contributed by atoms with Crippen molar-refractivity contribution >= 4 is 139 Å². The predicted molar refractivity (Wildman–Crippen MR) is 323 cm³/mol. The van der Waals surface area contributed by atoms with Crippen LogP contribution < -0.4 is 20.4 Å². The summed E-state index contributed by atoms with van der Waals surface area (Å²) in [7, 11) is 0. The van der Waals surface area contributed by atoms with Gasteiger partial charge in [-0.15, -0.1) is 0 Å². The van der Waals surface area contributed by atoms with E-state index >= 15 is 0 Å². The number of para-hydroxylation sites is 2. The number of aliphatic hydroxyl groups is 4. The number of carboxylic acids is 2. The fourth-order valence-electron chi connectivity index (χ4n) is 12.4. The second-order valence-corrected chi connectivity index (χ2v) is 22.3. The number of nitrogens with zero attached hydrogens (tertiary/aromatic N) is 2. The van der Waals surface area contributed by atoms with E-state index in [0.29, 0.717) is 77.0 Å². The SMILES string of the molecule is CC(C)C1(C(=O)Nc2ccccc2)C(=O)N(CCC(O)CC(O)CC(=O)O)c2c1c1ccccc1c1cc(F)ccc21.CC(C)C1(C(=O)Nc2ccccc2)C(=O)N(CCC(O)CC(O)CC(=O)O)c2c1c1ccccc1c1cc(F)ccc21.[Ca]. The summed E-state index contributed by atoms with van der Waals surface area (Å²) in [5, 5.41) is 70.3. The number of carbonyl (C=O) groups is 6. The second-order valence-electron chi connectivity index (χ2n) is 22.3. The molecule has 438 valence electrons. The molecule has 19 heteroatoms. The molecule has 0 spiro atoms. The molecule has 6 unspecified atom stereocenters.